The zero-order valence-electron chi connectivity index (χ0n) is 15.8. The molecule has 29 heavy (non-hydrogen) atoms. The van der Waals surface area contributed by atoms with E-state index in [0.29, 0.717) is 37.7 Å². The number of nitrogens with zero attached hydrogens (tertiary/aromatic N) is 3. The van der Waals surface area contributed by atoms with Crippen molar-refractivity contribution in [1.82, 2.24) is 9.80 Å². The third-order valence-electron chi connectivity index (χ3n) is 5.54. The average molecular weight is 415 g/mol. The summed E-state index contributed by atoms with van der Waals surface area (Å²) in [5, 5.41) is 0. The molecule has 4 heterocycles. The maximum absolute atomic E-state index is 13.2. The van der Waals surface area contributed by atoms with E-state index in [2.05, 4.69) is 4.40 Å². The van der Waals surface area contributed by atoms with E-state index in [1.165, 1.54) is 0 Å². The number of amidine groups is 1. The third-order valence-corrected chi connectivity index (χ3v) is 6.70. The highest BCUT2D eigenvalue weighted by Crippen LogP contribution is 2.38. The Hall–Kier alpha value is -2.81. The number of carbonyl (C=O) groups excluding carboxylic acids is 1. The van der Waals surface area contributed by atoms with Gasteiger partial charge in [-0.3, -0.25) is 4.79 Å². The van der Waals surface area contributed by atoms with Crippen LogP contribution in [0, 0.1) is 0 Å². The number of sulfonamides is 1. The fourth-order valence-electron chi connectivity index (χ4n) is 4.12. The van der Waals surface area contributed by atoms with Crippen LogP contribution in [-0.4, -0.2) is 62.0 Å². The van der Waals surface area contributed by atoms with Crippen molar-refractivity contribution in [1.29, 1.82) is 0 Å². The Morgan fingerprint density at radius 2 is 1.93 bits per heavy atom. The molecule has 9 heteroatoms. The van der Waals surface area contributed by atoms with Gasteiger partial charge in [0, 0.05) is 19.3 Å². The lowest BCUT2D eigenvalue weighted by atomic mass is 10.0. The van der Waals surface area contributed by atoms with Crippen molar-refractivity contribution in [2.24, 2.45) is 4.40 Å². The molecule has 4 aliphatic heterocycles. The summed E-state index contributed by atoms with van der Waals surface area (Å²) in [6, 6.07) is 5.84. The summed E-state index contributed by atoms with van der Waals surface area (Å²) in [7, 11) is -3.41. The van der Waals surface area contributed by atoms with Gasteiger partial charge in [-0.05, 0) is 42.7 Å². The lowest BCUT2D eigenvalue weighted by molar-refractivity contribution is -0.127. The summed E-state index contributed by atoms with van der Waals surface area (Å²) in [5.41, 5.74) is 1.57. The second kappa shape index (κ2) is 6.91. The van der Waals surface area contributed by atoms with Gasteiger partial charge in [0.05, 0.1) is 17.4 Å². The van der Waals surface area contributed by atoms with Gasteiger partial charge in [0.25, 0.3) is 15.9 Å². The molecule has 1 amide bonds. The molecule has 1 aromatic carbocycles. The lowest BCUT2D eigenvalue weighted by Gasteiger charge is -2.30. The Balaban J connectivity index is 1.39. The van der Waals surface area contributed by atoms with E-state index in [1.54, 1.807) is 23.3 Å². The Morgan fingerprint density at radius 1 is 1.10 bits per heavy atom. The van der Waals surface area contributed by atoms with Gasteiger partial charge in [0.1, 0.15) is 19.0 Å². The van der Waals surface area contributed by atoms with E-state index in [1.807, 2.05) is 23.1 Å². The second-order valence-electron chi connectivity index (χ2n) is 7.41. The molecule has 8 nitrogen and oxygen atoms in total. The van der Waals surface area contributed by atoms with Gasteiger partial charge < -0.3 is 19.3 Å². The van der Waals surface area contributed by atoms with Crippen LogP contribution in [0.2, 0.25) is 0 Å². The molecule has 1 saturated heterocycles. The van der Waals surface area contributed by atoms with Gasteiger partial charge in [-0.1, -0.05) is 6.07 Å². The summed E-state index contributed by atoms with van der Waals surface area (Å²) in [6.45, 7) is 2.05. The number of likely N-dealkylation sites (tertiary alicyclic amines) is 1. The van der Waals surface area contributed by atoms with Crippen molar-refractivity contribution in [3.8, 4) is 11.5 Å². The summed E-state index contributed by atoms with van der Waals surface area (Å²) in [4.78, 5) is 16.8. The average Bonchev–Trinajstić information content (AvgIpc) is 3.22. The number of ether oxygens (including phenoxy) is 2. The van der Waals surface area contributed by atoms with Crippen LogP contribution in [0.3, 0.4) is 0 Å². The molecule has 4 aliphatic rings. The van der Waals surface area contributed by atoms with Crippen molar-refractivity contribution >= 4 is 21.8 Å². The van der Waals surface area contributed by atoms with Gasteiger partial charge in [-0.15, -0.1) is 4.40 Å². The molecule has 5 rings (SSSR count). The summed E-state index contributed by atoms with van der Waals surface area (Å²) in [6.07, 6.45) is 6.76. The van der Waals surface area contributed by atoms with Crippen molar-refractivity contribution in [3.05, 3.63) is 47.7 Å². The molecular weight excluding hydrogens is 394 g/mol. The molecule has 0 bridgehead atoms. The zero-order valence-corrected chi connectivity index (χ0v) is 16.6. The maximum Gasteiger partial charge on any atom is 0.256 e. The molecule has 0 N–H and O–H groups in total. The first kappa shape index (κ1) is 18.2. The van der Waals surface area contributed by atoms with Crippen LogP contribution < -0.4 is 9.47 Å². The van der Waals surface area contributed by atoms with Gasteiger partial charge in [0.2, 0.25) is 0 Å². The largest absolute Gasteiger partial charge is 0.486 e. The minimum atomic E-state index is -3.41. The minimum Gasteiger partial charge on any atom is -0.486 e. The normalized spacial score (nSPS) is 24.6. The fraction of sp³-hybridized carbons (Fsp3) is 0.400. The summed E-state index contributed by atoms with van der Waals surface area (Å²) >= 11 is 0. The van der Waals surface area contributed by atoms with Crippen molar-refractivity contribution in [2.45, 2.75) is 18.9 Å². The number of carbonyl (C=O) groups is 1. The van der Waals surface area contributed by atoms with E-state index >= 15 is 0 Å². The molecule has 1 aromatic rings. The molecular formula is C20H21N3O5S. The standard InChI is InChI=1S/C20H21N3O5S/c24-20(15-4-6-19-21-29(25,26)11-8-22(19)13-15)23-7-1-2-16(23)14-3-5-17-18(12-14)28-10-9-27-17/h3-6,12-13,16H,1-2,7-11H2/t16-/m1/s1. The van der Waals surface area contributed by atoms with Crippen LogP contribution in [-0.2, 0) is 14.8 Å². The van der Waals surface area contributed by atoms with Crippen LogP contribution in [0.15, 0.2) is 46.5 Å². The zero-order chi connectivity index (χ0) is 20.0. The van der Waals surface area contributed by atoms with Gasteiger partial charge in [-0.25, -0.2) is 8.42 Å². The van der Waals surface area contributed by atoms with Crippen LogP contribution in [0.25, 0.3) is 0 Å². The van der Waals surface area contributed by atoms with E-state index in [4.69, 9.17) is 9.47 Å². The highest BCUT2D eigenvalue weighted by molar-refractivity contribution is 7.90. The molecule has 0 aliphatic carbocycles. The second-order valence-corrected chi connectivity index (χ2v) is 9.16. The molecule has 0 saturated carbocycles. The molecule has 1 atom stereocenters. The van der Waals surface area contributed by atoms with E-state index < -0.39 is 10.0 Å². The molecule has 0 radical (unpaired) electrons. The summed E-state index contributed by atoms with van der Waals surface area (Å²) < 4.78 is 38.4. The van der Waals surface area contributed by atoms with E-state index in [0.717, 1.165) is 29.9 Å². The first-order valence-corrected chi connectivity index (χ1v) is 11.3. The Kier molecular flexibility index (Phi) is 4.34. The molecule has 1 fully saturated rings. The summed E-state index contributed by atoms with van der Waals surface area (Å²) in [5.74, 6) is 1.70. The highest BCUT2D eigenvalue weighted by Gasteiger charge is 2.33. The quantitative estimate of drug-likeness (QED) is 0.729. The number of amides is 1. The maximum atomic E-state index is 13.2. The lowest BCUT2D eigenvalue weighted by Crippen LogP contribution is -2.39. The highest BCUT2D eigenvalue weighted by atomic mass is 32.2. The Labute approximate surface area is 169 Å². The third kappa shape index (κ3) is 3.39. The van der Waals surface area contributed by atoms with E-state index in [-0.39, 0.29) is 17.7 Å². The number of benzene rings is 1. The number of hydrogen-bond acceptors (Lipinski definition) is 6. The first-order valence-electron chi connectivity index (χ1n) is 9.70. The number of rotatable bonds is 2. The molecule has 152 valence electrons. The monoisotopic (exact) mass is 415 g/mol. The Morgan fingerprint density at radius 3 is 2.79 bits per heavy atom. The fourth-order valence-corrected chi connectivity index (χ4v) is 5.09. The predicted octanol–water partition coefficient (Wildman–Crippen LogP) is 1.62. The topological polar surface area (TPSA) is 88.5 Å². The molecule has 0 aromatic heterocycles. The van der Waals surface area contributed by atoms with Crippen LogP contribution in [0.1, 0.15) is 24.4 Å². The Bertz CT molecular complexity index is 1060. The molecule has 0 spiro atoms. The van der Waals surface area contributed by atoms with E-state index in [9.17, 15) is 13.2 Å². The van der Waals surface area contributed by atoms with Gasteiger partial charge >= 0.3 is 0 Å². The van der Waals surface area contributed by atoms with Crippen LogP contribution in [0.4, 0.5) is 0 Å². The van der Waals surface area contributed by atoms with Crippen molar-refractivity contribution < 1.29 is 22.7 Å². The van der Waals surface area contributed by atoms with Crippen LogP contribution in [0.5, 0.6) is 11.5 Å². The van der Waals surface area contributed by atoms with Crippen LogP contribution >= 0.6 is 0 Å². The van der Waals surface area contributed by atoms with Crippen molar-refractivity contribution in [2.75, 3.05) is 32.1 Å². The number of hydrogen-bond donors (Lipinski definition) is 0. The number of fused-ring (bicyclic) bond motifs is 2. The minimum absolute atomic E-state index is 0.0237. The van der Waals surface area contributed by atoms with Gasteiger partial charge in [-0.2, -0.15) is 0 Å². The van der Waals surface area contributed by atoms with Gasteiger partial charge in [0.15, 0.2) is 11.5 Å². The SMILES string of the molecule is O=C(C1=CN2CCS(=O)(=O)N=C2C=C1)N1CCC[C@@H]1c1ccc2c(c1)OCCO2. The first-order chi connectivity index (χ1) is 14.0. The smallest absolute Gasteiger partial charge is 0.256 e. The predicted molar refractivity (Wildman–Crippen MR) is 106 cm³/mol. The molecule has 0 unspecified atom stereocenters. The van der Waals surface area contributed by atoms with Crippen molar-refractivity contribution in [3.63, 3.8) is 0 Å².